The predicted octanol–water partition coefficient (Wildman–Crippen LogP) is 3.47. The van der Waals surface area contributed by atoms with E-state index in [1.165, 1.54) is 0 Å². The second kappa shape index (κ2) is 6.15. The minimum atomic E-state index is -0.803. The molecule has 3 aliphatic rings. The van der Waals surface area contributed by atoms with Crippen LogP contribution in [0.25, 0.3) is 11.4 Å². The predicted molar refractivity (Wildman–Crippen MR) is 99.7 cm³/mol. The number of nitrogens with zero attached hydrogens (tertiary/aromatic N) is 3. The number of carboxylic acid groups (broad SMARTS) is 1. The molecule has 1 aromatic carbocycles. The molecule has 146 valence electrons. The van der Waals surface area contributed by atoms with Gasteiger partial charge in [0.25, 0.3) is 5.91 Å². The van der Waals surface area contributed by atoms with Gasteiger partial charge < -0.3 is 14.5 Å². The van der Waals surface area contributed by atoms with Crippen molar-refractivity contribution in [1.82, 2.24) is 15.0 Å². The number of benzene rings is 1. The van der Waals surface area contributed by atoms with Crippen molar-refractivity contribution in [1.29, 1.82) is 0 Å². The summed E-state index contributed by atoms with van der Waals surface area (Å²) in [5, 5.41) is 13.8. The van der Waals surface area contributed by atoms with Gasteiger partial charge in [-0.1, -0.05) is 24.2 Å². The zero-order chi connectivity index (χ0) is 19.5. The summed E-state index contributed by atoms with van der Waals surface area (Å²) in [7, 11) is 0. The number of hydrogen-bond donors (Lipinski definition) is 1. The maximum atomic E-state index is 13.2. The largest absolute Gasteiger partial charge is 0.481 e. The lowest BCUT2D eigenvalue weighted by Crippen LogP contribution is -2.44. The number of amides is 1. The molecule has 2 aromatic rings. The third-order valence-electron chi connectivity index (χ3n) is 6.79. The number of fused-ring (bicyclic) bond motifs is 2. The molecule has 2 bridgehead atoms. The molecule has 0 spiro atoms. The molecule has 0 unspecified atom stereocenters. The lowest BCUT2D eigenvalue weighted by molar-refractivity contribution is -0.151. The van der Waals surface area contributed by atoms with Crippen LogP contribution in [0.4, 0.5) is 0 Å². The van der Waals surface area contributed by atoms with Crippen molar-refractivity contribution in [2.75, 3.05) is 0 Å². The molecule has 7 heteroatoms. The summed E-state index contributed by atoms with van der Waals surface area (Å²) in [5.74, 6) is 0.772. The van der Waals surface area contributed by atoms with Gasteiger partial charge in [0.1, 0.15) is 0 Å². The molecule has 1 amide bonds. The summed E-state index contributed by atoms with van der Waals surface area (Å²) >= 11 is 0. The average molecular weight is 381 g/mol. The molecule has 3 fully saturated rings. The van der Waals surface area contributed by atoms with Crippen molar-refractivity contribution < 1.29 is 19.2 Å². The number of carbonyl (C=O) groups is 2. The summed E-state index contributed by atoms with van der Waals surface area (Å²) in [5.41, 5.74) is 0.580. The Morgan fingerprint density at radius 3 is 2.57 bits per heavy atom. The normalized spacial score (nSPS) is 28.7. The van der Waals surface area contributed by atoms with Crippen LogP contribution < -0.4 is 0 Å². The van der Waals surface area contributed by atoms with Gasteiger partial charge in [-0.15, -0.1) is 0 Å². The summed E-state index contributed by atoms with van der Waals surface area (Å²) < 4.78 is 5.30. The molecule has 3 heterocycles. The van der Waals surface area contributed by atoms with E-state index in [4.69, 9.17) is 4.52 Å². The van der Waals surface area contributed by atoms with Crippen LogP contribution in [-0.4, -0.2) is 44.1 Å². The highest BCUT2D eigenvalue weighted by Crippen LogP contribution is 2.52. The molecule has 3 atom stereocenters. The Morgan fingerprint density at radius 1 is 1.21 bits per heavy atom. The first kappa shape index (κ1) is 17.4. The highest BCUT2D eigenvalue weighted by atomic mass is 16.5. The molecule has 7 nitrogen and oxygen atoms in total. The minimum absolute atomic E-state index is 0.0199. The van der Waals surface area contributed by atoms with Crippen LogP contribution in [0, 0.1) is 5.41 Å². The molecule has 1 aliphatic carbocycles. The molecular weight excluding hydrogens is 358 g/mol. The van der Waals surface area contributed by atoms with Gasteiger partial charge in [-0.25, -0.2) is 0 Å². The number of rotatable bonds is 5. The van der Waals surface area contributed by atoms with Crippen LogP contribution in [-0.2, 0) is 4.79 Å². The van der Waals surface area contributed by atoms with Crippen LogP contribution in [0.1, 0.15) is 67.6 Å². The molecule has 28 heavy (non-hydrogen) atoms. The van der Waals surface area contributed by atoms with E-state index >= 15 is 0 Å². The SMILES string of the molecule is CC[C@@]1(C(=O)O)C[C@@H]2CC[C@H]1N2C(=O)c1ccc(-c2noc(C3CC3)n2)cc1. The summed E-state index contributed by atoms with van der Waals surface area (Å²) in [6, 6.07) is 7.01. The van der Waals surface area contributed by atoms with Crippen molar-refractivity contribution in [3.05, 3.63) is 35.7 Å². The zero-order valence-electron chi connectivity index (χ0n) is 15.8. The van der Waals surface area contributed by atoms with Crippen LogP contribution in [0.15, 0.2) is 28.8 Å². The molecule has 1 aromatic heterocycles. The molecule has 2 saturated heterocycles. The third-order valence-corrected chi connectivity index (χ3v) is 6.79. The fraction of sp³-hybridized carbons (Fsp3) is 0.524. The zero-order valence-corrected chi connectivity index (χ0v) is 15.8. The summed E-state index contributed by atoms with van der Waals surface area (Å²) in [6.07, 6.45) is 4.96. The van der Waals surface area contributed by atoms with Gasteiger partial charge in [0.05, 0.1) is 5.41 Å². The van der Waals surface area contributed by atoms with Gasteiger partial charge in [0, 0.05) is 29.1 Å². The van der Waals surface area contributed by atoms with Gasteiger partial charge in [-0.05, 0) is 50.7 Å². The second-order valence-electron chi connectivity index (χ2n) is 8.29. The highest BCUT2D eigenvalue weighted by molar-refractivity contribution is 5.96. The van der Waals surface area contributed by atoms with Crippen molar-refractivity contribution in [3.63, 3.8) is 0 Å². The van der Waals surface area contributed by atoms with Gasteiger partial charge >= 0.3 is 5.97 Å². The minimum Gasteiger partial charge on any atom is -0.481 e. The quantitative estimate of drug-likeness (QED) is 0.852. The Kier molecular flexibility index (Phi) is 3.82. The maximum absolute atomic E-state index is 13.2. The molecular formula is C21H23N3O4. The molecule has 2 aliphatic heterocycles. The number of aliphatic carboxylic acids is 1. The Labute approximate surface area is 162 Å². The number of hydrogen-bond acceptors (Lipinski definition) is 5. The Hall–Kier alpha value is -2.70. The highest BCUT2D eigenvalue weighted by Gasteiger charge is 2.60. The Balaban J connectivity index is 1.37. The van der Waals surface area contributed by atoms with Crippen molar-refractivity contribution in [3.8, 4) is 11.4 Å². The van der Waals surface area contributed by atoms with E-state index in [9.17, 15) is 14.7 Å². The fourth-order valence-electron chi connectivity index (χ4n) is 5.01. The summed E-state index contributed by atoms with van der Waals surface area (Å²) in [4.78, 5) is 31.4. The molecule has 1 saturated carbocycles. The second-order valence-corrected chi connectivity index (χ2v) is 8.29. The molecule has 5 rings (SSSR count). The Morgan fingerprint density at radius 2 is 1.96 bits per heavy atom. The smallest absolute Gasteiger partial charge is 0.311 e. The van der Waals surface area contributed by atoms with Crippen LogP contribution >= 0.6 is 0 Å². The number of carboxylic acids is 1. The lowest BCUT2D eigenvalue weighted by Gasteiger charge is -2.32. The van der Waals surface area contributed by atoms with E-state index in [0.717, 1.165) is 31.2 Å². The average Bonchev–Trinajstić information content (AvgIpc) is 3.18. The van der Waals surface area contributed by atoms with Crippen molar-refractivity contribution >= 4 is 11.9 Å². The number of carbonyl (C=O) groups excluding carboxylic acids is 1. The molecule has 1 N–H and O–H groups in total. The first-order valence-electron chi connectivity index (χ1n) is 10.0. The van der Waals surface area contributed by atoms with Crippen LogP contribution in [0.3, 0.4) is 0 Å². The van der Waals surface area contributed by atoms with Gasteiger partial charge in [0.2, 0.25) is 11.7 Å². The van der Waals surface area contributed by atoms with Crippen LogP contribution in [0.5, 0.6) is 0 Å². The first-order valence-corrected chi connectivity index (χ1v) is 10.0. The van der Waals surface area contributed by atoms with E-state index in [0.29, 0.717) is 36.0 Å². The van der Waals surface area contributed by atoms with Gasteiger partial charge in [-0.3, -0.25) is 9.59 Å². The third kappa shape index (κ3) is 2.48. The standard InChI is InChI=1S/C21H23N3O4/c1-2-21(20(26)27)11-15-9-10-16(21)24(15)19(25)14-7-3-12(4-8-14)17-22-18(28-23-17)13-5-6-13/h3-4,7-8,13,15-16H,2,5-6,9-11H2,1H3,(H,26,27)/t15-,16+,21+/m0/s1. The van der Waals surface area contributed by atoms with Gasteiger partial charge in [0.15, 0.2) is 0 Å². The monoisotopic (exact) mass is 381 g/mol. The Bertz CT molecular complexity index is 933. The van der Waals surface area contributed by atoms with E-state index < -0.39 is 11.4 Å². The lowest BCUT2D eigenvalue weighted by atomic mass is 9.72. The van der Waals surface area contributed by atoms with Crippen LogP contribution in [0.2, 0.25) is 0 Å². The van der Waals surface area contributed by atoms with Crippen molar-refractivity contribution in [2.24, 2.45) is 5.41 Å². The van der Waals surface area contributed by atoms with Gasteiger partial charge in [-0.2, -0.15) is 4.98 Å². The van der Waals surface area contributed by atoms with E-state index in [2.05, 4.69) is 10.1 Å². The number of aromatic nitrogens is 2. The van der Waals surface area contributed by atoms with E-state index in [1.807, 2.05) is 24.0 Å². The first-order chi connectivity index (χ1) is 13.5. The molecule has 0 radical (unpaired) electrons. The fourth-order valence-corrected chi connectivity index (χ4v) is 5.01. The van der Waals surface area contributed by atoms with E-state index in [-0.39, 0.29) is 18.0 Å². The maximum Gasteiger partial charge on any atom is 0.311 e. The summed E-state index contributed by atoms with van der Waals surface area (Å²) in [6.45, 7) is 1.91. The van der Waals surface area contributed by atoms with Crippen molar-refractivity contribution in [2.45, 2.75) is 63.5 Å². The topological polar surface area (TPSA) is 96.5 Å². The van der Waals surface area contributed by atoms with E-state index in [1.54, 1.807) is 12.1 Å².